The molecule has 5 nitrogen and oxygen atoms in total. The Kier molecular flexibility index (Phi) is 6.87. The van der Waals surface area contributed by atoms with Gasteiger partial charge in [0.05, 0.1) is 18.4 Å². The fourth-order valence-electron chi connectivity index (χ4n) is 2.93. The van der Waals surface area contributed by atoms with E-state index in [1.54, 1.807) is 7.11 Å². The fraction of sp³-hybridized carbons (Fsp3) is 0.208. The van der Waals surface area contributed by atoms with Gasteiger partial charge in [0, 0.05) is 17.9 Å². The first-order valence-corrected chi connectivity index (χ1v) is 9.60. The fourth-order valence-corrected chi connectivity index (χ4v) is 2.93. The van der Waals surface area contributed by atoms with Gasteiger partial charge in [-0.25, -0.2) is 0 Å². The van der Waals surface area contributed by atoms with Crippen LogP contribution in [0.1, 0.15) is 15.9 Å². The third-order valence-electron chi connectivity index (χ3n) is 4.60. The van der Waals surface area contributed by atoms with Crippen molar-refractivity contribution in [2.75, 3.05) is 38.4 Å². The predicted molar refractivity (Wildman–Crippen MR) is 119 cm³/mol. The van der Waals surface area contributed by atoms with Crippen LogP contribution >= 0.6 is 0 Å². The van der Waals surface area contributed by atoms with Gasteiger partial charge >= 0.3 is 0 Å². The molecule has 0 bridgehead atoms. The first kappa shape index (κ1) is 20.4. The van der Waals surface area contributed by atoms with Gasteiger partial charge in [-0.05, 0) is 74.6 Å². The molecule has 0 saturated heterocycles. The minimum Gasteiger partial charge on any atom is -0.497 e. The molecular formula is C24H27N3O2. The lowest BCUT2D eigenvalue weighted by Crippen LogP contribution is -2.15. The van der Waals surface area contributed by atoms with Crippen molar-refractivity contribution < 1.29 is 9.53 Å². The second kappa shape index (κ2) is 9.75. The number of hydrogen-bond acceptors (Lipinski definition) is 4. The molecule has 0 aliphatic carbocycles. The molecule has 2 N–H and O–H groups in total. The highest BCUT2D eigenvalue weighted by Gasteiger charge is 2.11. The van der Waals surface area contributed by atoms with E-state index in [-0.39, 0.29) is 5.91 Å². The molecular weight excluding hydrogens is 362 g/mol. The lowest BCUT2D eigenvalue weighted by atomic mass is 10.1. The third kappa shape index (κ3) is 5.83. The number of nitrogens with one attached hydrogen (secondary N) is 2. The zero-order valence-corrected chi connectivity index (χ0v) is 17.1. The van der Waals surface area contributed by atoms with Crippen LogP contribution in [-0.4, -0.2) is 38.6 Å². The number of hydrogen-bond donors (Lipinski definition) is 2. The standard InChI is InChI=1S/C24H27N3O2/c1-27(2)17-16-18-8-10-20(11-9-18)26-24(28)22-6-4-5-7-23(22)25-19-12-14-21(29-3)15-13-19/h4-15,25H,16-17H2,1-3H3,(H,26,28). The van der Waals surface area contributed by atoms with Gasteiger partial charge in [0.25, 0.3) is 5.91 Å². The van der Waals surface area contributed by atoms with E-state index < -0.39 is 0 Å². The van der Waals surface area contributed by atoms with Crippen LogP contribution in [0.3, 0.4) is 0 Å². The Morgan fingerprint density at radius 3 is 2.21 bits per heavy atom. The number of nitrogens with zero attached hydrogens (tertiary/aromatic N) is 1. The highest BCUT2D eigenvalue weighted by Crippen LogP contribution is 2.24. The molecule has 0 heterocycles. The van der Waals surface area contributed by atoms with Crippen molar-refractivity contribution in [3.63, 3.8) is 0 Å². The molecule has 0 saturated carbocycles. The number of carbonyl (C=O) groups is 1. The van der Waals surface area contributed by atoms with Gasteiger partial charge in [0.2, 0.25) is 0 Å². The summed E-state index contributed by atoms with van der Waals surface area (Å²) in [5, 5.41) is 6.29. The van der Waals surface area contributed by atoms with Gasteiger partial charge in [-0.2, -0.15) is 0 Å². The van der Waals surface area contributed by atoms with Crippen molar-refractivity contribution in [1.29, 1.82) is 0 Å². The molecule has 0 radical (unpaired) electrons. The first-order chi connectivity index (χ1) is 14.0. The molecule has 29 heavy (non-hydrogen) atoms. The topological polar surface area (TPSA) is 53.6 Å². The average molecular weight is 389 g/mol. The zero-order valence-electron chi connectivity index (χ0n) is 17.1. The maximum Gasteiger partial charge on any atom is 0.257 e. The minimum absolute atomic E-state index is 0.150. The third-order valence-corrected chi connectivity index (χ3v) is 4.60. The van der Waals surface area contributed by atoms with Crippen molar-refractivity contribution in [1.82, 2.24) is 4.90 Å². The SMILES string of the molecule is COc1ccc(Nc2ccccc2C(=O)Nc2ccc(CCN(C)C)cc2)cc1. The zero-order chi connectivity index (χ0) is 20.6. The lowest BCUT2D eigenvalue weighted by Gasteiger charge is -2.13. The summed E-state index contributed by atoms with van der Waals surface area (Å²) in [4.78, 5) is 15.0. The summed E-state index contributed by atoms with van der Waals surface area (Å²) in [6.45, 7) is 0.996. The number of carbonyl (C=O) groups excluding carboxylic acids is 1. The van der Waals surface area contributed by atoms with Crippen LogP contribution in [0.2, 0.25) is 0 Å². The number of rotatable bonds is 8. The quantitative estimate of drug-likeness (QED) is 0.581. The van der Waals surface area contributed by atoms with Gasteiger partial charge in [0.15, 0.2) is 0 Å². The predicted octanol–water partition coefficient (Wildman–Crippen LogP) is 4.80. The first-order valence-electron chi connectivity index (χ1n) is 9.60. The molecule has 3 rings (SSSR count). The number of anilines is 3. The number of para-hydroxylation sites is 1. The molecule has 0 aliphatic rings. The van der Waals surface area contributed by atoms with E-state index in [4.69, 9.17) is 4.74 Å². The van der Waals surface area contributed by atoms with Gasteiger partial charge in [-0.3, -0.25) is 4.79 Å². The highest BCUT2D eigenvalue weighted by atomic mass is 16.5. The molecule has 5 heteroatoms. The van der Waals surface area contributed by atoms with Crippen LogP contribution in [0, 0.1) is 0 Å². The summed E-state index contributed by atoms with van der Waals surface area (Å²) in [7, 11) is 5.76. The minimum atomic E-state index is -0.150. The monoisotopic (exact) mass is 389 g/mol. The maximum atomic E-state index is 12.8. The number of methoxy groups -OCH3 is 1. The Morgan fingerprint density at radius 2 is 1.55 bits per heavy atom. The number of benzene rings is 3. The maximum absolute atomic E-state index is 12.8. The summed E-state index contributed by atoms with van der Waals surface area (Å²) in [5.41, 5.74) is 4.25. The Labute approximate surface area is 172 Å². The molecule has 0 atom stereocenters. The summed E-state index contributed by atoms with van der Waals surface area (Å²) in [6, 6.07) is 23.1. The second-order valence-corrected chi connectivity index (χ2v) is 7.10. The number of ether oxygens (including phenoxy) is 1. The van der Waals surface area contributed by atoms with E-state index >= 15 is 0 Å². The van der Waals surface area contributed by atoms with Crippen LogP contribution in [0.25, 0.3) is 0 Å². The van der Waals surface area contributed by atoms with E-state index in [1.165, 1.54) is 5.56 Å². The van der Waals surface area contributed by atoms with E-state index in [1.807, 2.05) is 60.7 Å². The molecule has 1 amide bonds. The lowest BCUT2D eigenvalue weighted by molar-refractivity contribution is 0.102. The van der Waals surface area contributed by atoms with Crippen molar-refractivity contribution in [3.05, 3.63) is 83.9 Å². The van der Waals surface area contributed by atoms with Crippen LogP contribution in [0.15, 0.2) is 72.8 Å². The van der Waals surface area contributed by atoms with E-state index in [9.17, 15) is 4.79 Å². The summed E-state index contributed by atoms with van der Waals surface area (Å²) >= 11 is 0. The summed E-state index contributed by atoms with van der Waals surface area (Å²) in [6.07, 6.45) is 0.982. The van der Waals surface area contributed by atoms with Gasteiger partial charge in [-0.15, -0.1) is 0 Å². The molecule has 3 aromatic carbocycles. The smallest absolute Gasteiger partial charge is 0.257 e. The van der Waals surface area contributed by atoms with Crippen LogP contribution in [-0.2, 0) is 6.42 Å². The van der Waals surface area contributed by atoms with E-state index in [0.29, 0.717) is 5.56 Å². The Morgan fingerprint density at radius 1 is 0.897 bits per heavy atom. The molecule has 150 valence electrons. The van der Waals surface area contributed by atoms with Gasteiger partial charge < -0.3 is 20.3 Å². The van der Waals surface area contributed by atoms with Crippen molar-refractivity contribution >= 4 is 23.0 Å². The van der Waals surface area contributed by atoms with E-state index in [2.05, 4.69) is 41.8 Å². The molecule has 3 aromatic rings. The van der Waals surface area contributed by atoms with Crippen molar-refractivity contribution in [3.8, 4) is 5.75 Å². The summed E-state index contributed by atoms with van der Waals surface area (Å²) in [5.74, 6) is 0.637. The van der Waals surface area contributed by atoms with Crippen molar-refractivity contribution in [2.24, 2.45) is 0 Å². The van der Waals surface area contributed by atoms with Crippen molar-refractivity contribution in [2.45, 2.75) is 6.42 Å². The molecule has 0 spiro atoms. The molecule has 0 fully saturated rings. The average Bonchev–Trinajstić information content (AvgIpc) is 2.74. The Hall–Kier alpha value is -3.31. The molecule has 0 unspecified atom stereocenters. The molecule has 0 aliphatic heterocycles. The van der Waals surface area contributed by atoms with Gasteiger partial charge in [-0.1, -0.05) is 24.3 Å². The van der Waals surface area contributed by atoms with Crippen LogP contribution < -0.4 is 15.4 Å². The van der Waals surface area contributed by atoms with Gasteiger partial charge in [0.1, 0.15) is 5.75 Å². The van der Waals surface area contributed by atoms with E-state index in [0.717, 1.165) is 35.8 Å². The normalized spacial score (nSPS) is 10.6. The Balaban J connectivity index is 1.69. The number of likely N-dealkylation sites (N-methyl/N-ethyl adjacent to an activating group) is 1. The van der Waals surface area contributed by atoms with Crippen LogP contribution in [0.4, 0.5) is 17.1 Å². The second-order valence-electron chi connectivity index (χ2n) is 7.10. The molecule has 0 aromatic heterocycles. The van der Waals surface area contributed by atoms with Crippen LogP contribution in [0.5, 0.6) is 5.75 Å². The largest absolute Gasteiger partial charge is 0.497 e. The number of amides is 1. The summed E-state index contributed by atoms with van der Waals surface area (Å²) < 4.78 is 5.19. The highest BCUT2D eigenvalue weighted by molar-refractivity contribution is 6.08. The Bertz CT molecular complexity index is 935.